The molecule has 0 saturated heterocycles. The minimum absolute atomic E-state index is 0.000679. The highest BCUT2D eigenvalue weighted by Crippen LogP contribution is 2.19. The lowest BCUT2D eigenvalue weighted by Gasteiger charge is -2.30. The summed E-state index contributed by atoms with van der Waals surface area (Å²) in [5.41, 5.74) is 0. The van der Waals surface area contributed by atoms with E-state index < -0.39 is 6.29 Å². The molecule has 0 fully saturated rings. The van der Waals surface area contributed by atoms with Crippen molar-refractivity contribution in [2.45, 2.75) is 19.3 Å². The minimum Gasteiger partial charge on any atom is -0.396 e. The standard InChI is InChI=1S/C9H16O4/c1-2-12-9-7(5-10)3-4-8(6-11)13-9/h3-4,7-11H,2,5-6H2,1H3/t7-,8+,9+/m1/s1. The Morgan fingerprint density at radius 1 is 1.31 bits per heavy atom. The van der Waals surface area contributed by atoms with Crippen molar-refractivity contribution in [1.82, 2.24) is 0 Å². The first-order chi connectivity index (χ1) is 6.31. The van der Waals surface area contributed by atoms with Gasteiger partial charge in [-0.25, -0.2) is 0 Å². The van der Waals surface area contributed by atoms with Gasteiger partial charge in [-0.2, -0.15) is 0 Å². The minimum atomic E-state index is -0.433. The second-order valence-corrected chi connectivity index (χ2v) is 2.91. The third-order valence-electron chi connectivity index (χ3n) is 1.95. The zero-order chi connectivity index (χ0) is 9.68. The van der Waals surface area contributed by atoms with Crippen LogP contribution in [0.5, 0.6) is 0 Å². The summed E-state index contributed by atoms with van der Waals surface area (Å²) in [5, 5.41) is 17.8. The number of hydrogen-bond donors (Lipinski definition) is 2. The molecule has 0 bridgehead atoms. The molecule has 0 radical (unpaired) electrons. The van der Waals surface area contributed by atoms with Gasteiger partial charge < -0.3 is 19.7 Å². The van der Waals surface area contributed by atoms with Crippen molar-refractivity contribution in [3.8, 4) is 0 Å². The molecule has 13 heavy (non-hydrogen) atoms. The summed E-state index contributed by atoms with van der Waals surface area (Å²) in [4.78, 5) is 0. The predicted molar refractivity (Wildman–Crippen MR) is 47.1 cm³/mol. The van der Waals surface area contributed by atoms with Gasteiger partial charge in [0.25, 0.3) is 0 Å². The molecule has 76 valence electrons. The lowest BCUT2D eigenvalue weighted by atomic mass is 10.1. The van der Waals surface area contributed by atoms with Crippen LogP contribution in [-0.2, 0) is 9.47 Å². The predicted octanol–water partition coefficient (Wildman–Crippen LogP) is -0.0952. The monoisotopic (exact) mass is 188 g/mol. The highest BCUT2D eigenvalue weighted by molar-refractivity contribution is 4.99. The summed E-state index contributed by atoms with van der Waals surface area (Å²) in [7, 11) is 0. The maximum Gasteiger partial charge on any atom is 0.166 e. The normalized spacial score (nSPS) is 33.6. The summed E-state index contributed by atoms with van der Waals surface area (Å²) in [5.74, 6) is -0.122. The lowest BCUT2D eigenvalue weighted by Crippen LogP contribution is -2.36. The first kappa shape index (κ1) is 10.7. The van der Waals surface area contributed by atoms with Crippen molar-refractivity contribution in [3.63, 3.8) is 0 Å². The molecular weight excluding hydrogens is 172 g/mol. The van der Waals surface area contributed by atoms with Crippen molar-refractivity contribution in [2.24, 2.45) is 5.92 Å². The van der Waals surface area contributed by atoms with E-state index in [9.17, 15) is 0 Å². The van der Waals surface area contributed by atoms with E-state index in [-0.39, 0.29) is 25.2 Å². The molecule has 4 nitrogen and oxygen atoms in total. The van der Waals surface area contributed by atoms with Crippen LogP contribution in [0.25, 0.3) is 0 Å². The molecule has 1 rings (SSSR count). The van der Waals surface area contributed by atoms with Gasteiger partial charge in [0.15, 0.2) is 6.29 Å². The maximum absolute atomic E-state index is 8.97. The van der Waals surface area contributed by atoms with E-state index in [0.29, 0.717) is 6.61 Å². The quantitative estimate of drug-likeness (QED) is 0.605. The Morgan fingerprint density at radius 3 is 2.62 bits per heavy atom. The van der Waals surface area contributed by atoms with Gasteiger partial charge in [-0.05, 0) is 6.92 Å². The van der Waals surface area contributed by atoms with Gasteiger partial charge >= 0.3 is 0 Å². The molecule has 0 spiro atoms. The molecule has 0 amide bonds. The Morgan fingerprint density at radius 2 is 2.08 bits per heavy atom. The molecule has 0 unspecified atom stereocenters. The fraction of sp³-hybridized carbons (Fsp3) is 0.778. The Labute approximate surface area is 77.8 Å². The number of rotatable bonds is 4. The molecular formula is C9H16O4. The van der Waals surface area contributed by atoms with Gasteiger partial charge in [0.05, 0.1) is 19.1 Å². The van der Waals surface area contributed by atoms with Crippen LogP contribution in [0.2, 0.25) is 0 Å². The second kappa shape index (κ2) is 5.34. The molecule has 4 heteroatoms. The van der Waals surface area contributed by atoms with E-state index in [1.165, 1.54) is 0 Å². The molecule has 0 saturated carbocycles. The SMILES string of the molecule is CCO[C@H]1O[C@H](CO)C=C[C@@H]1CO. The summed E-state index contributed by atoms with van der Waals surface area (Å²) in [6, 6.07) is 0. The molecule has 1 aliphatic heterocycles. The van der Waals surface area contributed by atoms with Crippen LogP contribution in [0.15, 0.2) is 12.2 Å². The van der Waals surface area contributed by atoms with Gasteiger partial charge in [-0.1, -0.05) is 12.2 Å². The van der Waals surface area contributed by atoms with Gasteiger partial charge in [0, 0.05) is 6.61 Å². The maximum atomic E-state index is 8.97. The Kier molecular flexibility index (Phi) is 4.38. The van der Waals surface area contributed by atoms with Crippen molar-refractivity contribution >= 4 is 0 Å². The molecule has 0 aromatic heterocycles. The first-order valence-electron chi connectivity index (χ1n) is 4.49. The number of ether oxygens (including phenoxy) is 2. The average molecular weight is 188 g/mol. The van der Waals surface area contributed by atoms with Crippen LogP contribution < -0.4 is 0 Å². The van der Waals surface area contributed by atoms with E-state index in [0.717, 1.165) is 0 Å². The molecule has 0 aromatic carbocycles. The van der Waals surface area contributed by atoms with Crippen LogP contribution in [0, 0.1) is 5.92 Å². The van der Waals surface area contributed by atoms with Crippen LogP contribution in [0.4, 0.5) is 0 Å². The largest absolute Gasteiger partial charge is 0.396 e. The fourth-order valence-electron chi connectivity index (χ4n) is 1.25. The molecule has 0 aliphatic carbocycles. The summed E-state index contributed by atoms with van der Waals surface area (Å²) in [6.07, 6.45) is 2.83. The number of hydrogen-bond acceptors (Lipinski definition) is 4. The van der Waals surface area contributed by atoms with Crippen molar-refractivity contribution < 1.29 is 19.7 Å². The fourth-order valence-corrected chi connectivity index (χ4v) is 1.25. The summed E-state index contributed by atoms with van der Waals surface area (Å²) >= 11 is 0. The number of aliphatic hydroxyl groups is 2. The van der Waals surface area contributed by atoms with Crippen molar-refractivity contribution in [2.75, 3.05) is 19.8 Å². The van der Waals surface area contributed by atoms with E-state index in [1.54, 1.807) is 6.08 Å². The average Bonchev–Trinajstić information content (AvgIpc) is 2.18. The van der Waals surface area contributed by atoms with E-state index in [2.05, 4.69) is 0 Å². The Hall–Kier alpha value is -0.420. The third kappa shape index (κ3) is 2.77. The molecule has 1 heterocycles. The van der Waals surface area contributed by atoms with Gasteiger partial charge in [-0.3, -0.25) is 0 Å². The van der Waals surface area contributed by atoms with E-state index in [4.69, 9.17) is 19.7 Å². The van der Waals surface area contributed by atoms with E-state index >= 15 is 0 Å². The van der Waals surface area contributed by atoms with E-state index in [1.807, 2.05) is 13.0 Å². The topological polar surface area (TPSA) is 58.9 Å². The van der Waals surface area contributed by atoms with Crippen LogP contribution >= 0.6 is 0 Å². The zero-order valence-electron chi connectivity index (χ0n) is 7.72. The molecule has 1 aliphatic rings. The summed E-state index contributed by atoms with van der Waals surface area (Å²) in [6.45, 7) is 2.34. The first-order valence-corrected chi connectivity index (χ1v) is 4.49. The second-order valence-electron chi connectivity index (χ2n) is 2.91. The highest BCUT2D eigenvalue weighted by atomic mass is 16.7. The van der Waals surface area contributed by atoms with Crippen molar-refractivity contribution in [1.29, 1.82) is 0 Å². The van der Waals surface area contributed by atoms with Crippen LogP contribution in [0.3, 0.4) is 0 Å². The smallest absolute Gasteiger partial charge is 0.166 e. The highest BCUT2D eigenvalue weighted by Gasteiger charge is 2.26. The number of aliphatic hydroxyl groups excluding tert-OH is 2. The van der Waals surface area contributed by atoms with Crippen LogP contribution in [-0.4, -0.2) is 42.4 Å². The molecule has 0 aromatic rings. The Bertz CT molecular complexity index is 169. The lowest BCUT2D eigenvalue weighted by molar-refractivity contribution is -0.195. The van der Waals surface area contributed by atoms with Crippen LogP contribution in [0.1, 0.15) is 6.92 Å². The molecule has 2 N–H and O–H groups in total. The van der Waals surface area contributed by atoms with Gasteiger partial charge in [0.2, 0.25) is 0 Å². The zero-order valence-corrected chi connectivity index (χ0v) is 7.72. The summed E-state index contributed by atoms with van der Waals surface area (Å²) < 4.78 is 10.6. The van der Waals surface area contributed by atoms with Gasteiger partial charge in [-0.15, -0.1) is 0 Å². The van der Waals surface area contributed by atoms with Crippen molar-refractivity contribution in [3.05, 3.63) is 12.2 Å². The molecule has 3 atom stereocenters. The third-order valence-corrected chi connectivity index (χ3v) is 1.95. The Balaban J connectivity index is 2.53. The van der Waals surface area contributed by atoms with Gasteiger partial charge in [0.1, 0.15) is 6.10 Å².